The van der Waals surface area contributed by atoms with Crippen molar-refractivity contribution in [1.29, 1.82) is 0 Å². The zero-order chi connectivity index (χ0) is 35.6. The molecule has 1 rings (SSSR count). The summed E-state index contributed by atoms with van der Waals surface area (Å²) in [5, 5.41) is 0. The van der Waals surface area contributed by atoms with E-state index in [0.717, 1.165) is 12.1 Å². The Morgan fingerprint density at radius 3 is 1.07 bits per heavy atom. The van der Waals surface area contributed by atoms with Crippen LogP contribution in [0.15, 0.2) is 29.2 Å². The Kier molecular flexibility index (Phi) is 9.84. The molecule has 0 radical (unpaired) electrons. The van der Waals surface area contributed by atoms with Crippen molar-refractivity contribution < 1.29 is 101 Å². The van der Waals surface area contributed by atoms with Gasteiger partial charge in [-0.25, -0.2) is 8.42 Å². The van der Waals surface area contributed by atoms with E-state index in [9.17, 15) is 101 Å². The van der Waals surface area contributed by atoms with Gasteiger partial charge in [0.2, 0.25) is 0 Å². The molecule has 0 aromatic heterocycles. The Morgan fingerprint density at radius 2 is 0.773 bits per heavy atom. The van der Waals surface area contributed by atoms with E-state index < -0.39 is 86.4 Å². The molecule has 0 fully saturated rings. The molecule has 0 bridgehead atoms. The lowest BCUT2D eigenvalue weighted by atomic mass is 9.86. The van der Waals surface area contributed by atoms with Gasteiger partial charge >= 0.3 is 59.5 Å². The third kappa shape index (κ3) is 5.53. The summed E-state index contributed by atoms with van der Waals surface area (Å²) in [6.07, 6.45) is -11.0. The van der Waals surface area contributed by atoms with Gasteiger partial charge in [0.25, 0.3) is 0 Å². The van der Waals surface area contributed by atoms with Crippen molar-refractivity contribution in [3.8, 4) is 0 Å². The molecule has 258 valence electrons. The normalized spacial score (nSPS) is 16.0. The van der Waals surface area contributed by atoms with Crippen LogP contribution in [0.3, 0.4) is 0 Å². The first-order chi connectivity index (χ1) is 19.0. The van der Waals surface area contributed by atoms with Crippen molar-refractivity contribution >= 4 is 9.84 Å². The Bertz CT molecular complexity index is 1280. The van der Waals surface area contributed by atoms with E-state index in [-0.39, 0.29) is 6.42 Å². The molecular weight excluding hydrogens is 703 g/mol. The molecule has 0 heterocycles. The second kappa shape index (κ2) is 10.9. The number of sulfone groups is 1. The van der Waals surface area contributed by atoms with Crippen LogP contribution in [0.5, 0.6) is 0 Å². The Morgan fingerprint density at radius 1 is 0.477 bits per heavy atom. The second-order valence-electron chi connectivity index (χ2n) is 8.86. The highest BCUT2D eigenvalue weighted by molar-refractivity contribution is 7.91. The third-order valence-electron chi connectivity index (χ3n) is 5.95. The molecule has 0 saturated heterocycles. The molecule has 24 heteroatoms. The highest BCUT2D eigenvalue weighted by atomic mass is 32.2. The van der Waals surface area contributed by atoms with Crippen molar-refractivity contribution in [3.05, 3.63) is 29.8 Å². The molecule has 0 unspecified atom stereocenters. The molecule has 1 aromatic carbocycles. The summed E-state index contributed by atoms with van der Waals surface area (Å²) in [7, 11) is -5.23. The van der Waals surface area contributed by atoms with Crippen molar-refractivity contribution in [2.75, 3.05) is 5.75 Å². The van der Waals surface area contributed by atoms with Crippen molar-refractivity contribution in [2.24, 2.45) is 0 Å². The van der Waals surface area contributed by atoms with Crippen LogP contribution < -0.4 is 0 Å². The Labute approximate surface area is 231 Å². The summed E-state index contributed by atoms with van der Waals surface area (Å²) >= 11 is 0. The minimum atomic E-state index is -9.26. The molecule has 1 aromatic rings. The minimum Gasteiger partial charge on any atom is -0.224 e. The zero-order valence-electron chi connectivity index (χ0n) is 20.6. The van der Waals surface area contributed by atoms with Crippen LogP contribution in [-0.2, 0) is 16.3 Å². The van der Waals surface area contributed by atoms with Crippen LogP contribution in [0, 0.1) is 0 Å². The average molecular weight is 716 g/mol. The molecule has 2 nitrogen and oxygen atoms in total. The topological polar surface area (TPSA) is 34.1 Å². The molecule has 0 aliphatic heterocycles. The van der Waals surface area contributed by atoms with Gasteiger partial charge in [-0.1, -0.05) is 19.1 Å². The van der Waals surface area contributed by atoms with Gasteiger partial charge in [0, 0.05) is 6.42 Å². The quantitative estimate of drug-likeness (QED) is 0.192. The first-order valence-electron chi connectivity index (χ1n) is 10.8. The van der Waals surface area contributed by atoms with Crippen LogP contribution in [0.2, 0.25) is 0 Å². The van der Waals surface area contributed by atoms with E-state index in [1.807, 2.05) is 0 Å². The van der Waals surface area contributed by atoms with Crippen molar-refractivity contribution in [2.45, 2.75) is 84.1 Å². The number of aryl methyl sites for hydroxylation is 1. The highest BCUT2D eigenvalue weighted by Crippen LogP contribution is 2.66. The molecule has 44 heavy (non-hydrogen) atoms. The van der Waals surface area contributed by atoms with Gasteiger partial charge in [-0.15, -0.1) is 0 Å². The molecule has 0 amide bonds. The van der Waals surface area contributed by atoms with E-state index in [1.54, 1.807) is 0 Å². The van der Waals surface area contributed by atoms with Crippen LogP contribution in [0.4, 0.5) is 92.2 Å². The second-order valence-corrected chi connectivity index (χ2v) is 11.0. The maximum atomic E-state index is 14.0. The van der Waals surface area contributed by atoms with Gasteiger partial charge in [-0.05, 0) is 24.1 Å². The lowest BCUT2D eigenvalue weighted by Crippen LogP contribution is -2.76. The van der Waals surface area contributed by atoms with Gasteiger partial charge in [0.05, 0.1) is 10.6 Å². The van der Waals surface area contributed by atoms with Gasteiger partial charge in [0.1, 0.15) is 0 Å². The van der Waals surface area contributed by atoms with E-state index in [4.69, 9.17) is 0 Å². The van der Waals surface area contributed by atoms with Crippen LogP contribution >= 0.6 is 0 Å². The summed E-state index contributed by atoms with van der Waals surface area (Å²) in [5.41, 5.74) is 0.380. The Hall–Kier alpha value is -2.30. The van der Waals surface area contributed by atoms with E-state index in [0.29, 0.717) is 17.7 Å². The summed E-state index contributed by atoms with van der Waals surface area (Å²) in [6.45, 7) is 1.52. The molecular formula is C20H13F21O2S. The predicted octanol–water partition coefficient (Wildman–Crippen LogP) is 8.69. The number of hydrogen-bond acceptors (Lipinski definition) is 2. The summed E-state index contributed by atoms with van der Waals surface area (Å²) in [4.78, 5) is -0.990. The predicted molar refractivity (Wildman–Crippen MR) is 103 cm³/mol. The zero-order valence-corrected chi connectivity index (χ0v) is 21.4. The molecule has 0 atom stereocenters. The monoisotopic (exact) mass is 716 g/mol. The van der Waals surface area contributed by atoms with E-state index in [2.05, 4.69) is 0 Å². The minimum absolute atomic E-state index is 0.242. The number of alkyl halides is 21. The molecule has 0 aliphatic carbocycles. The van der Waals surface area contributed by atoms with Crippen LogP contribution in [0.1, 0.15) is 18.9 Å². The van der Waals surface area contributed by atoms with E-state index >= 15 is 0 Å². The van der Waals surface area contributed by atoms with Gasteiger partial charge in [-0.3, -0.25) is 0 Å². The standard InChI is InChI=1S/C20H13F21O2S/c1-2-9-3-5-10(6-4-9)44(42,43)8-7-11(21,22)12(23,24)13(25,26)14(27,28)15(29,30)16(31,32)17(33,34)18(35,36)19(37,38)20(39,40)41/h3-6H,2,7-8H2,1H3. The fourth-order valence-corrected chi connectivity index (χ4v) is 4.37. The van der Waals surface area contributed by atoms with Crippen LogP contribution in [0.25, 0.3) is 0 Å². The summed E-state index contributed by atoms with van der Waals surface area (Å²) < 4.78 is 306. The highest BCUT2D eigenvalue weighted by Gasteiger charge is 2.97. The number of hydrogen-bond donors (Lipinski definition) is 0. The number of benzene rings is 1. The van der Waals surface area contributed by atoms with Crippen LogP contribution in [-0.4, -0.2) is 73.6 Å². The van der Waals surface area contributed by atoms with Crippen molar-refractivity contribution in [1.82, 2.24) is 0 Å². The lowest BCUT2D eigenvalue weighted by Gasteiger charge is -2.44. The summed E-state index contributed by atoms with van der Waals surface area (Å²) in [5.74, 6) is -80.5. The Balaban J connectivity index is 3.61. The average Bonchev–Trinajstić information content (AvgIpc) is 2.86. The molecule has 0 N–H and O–H groups in total. The van der Waals surface area contributed by atoms with Gasteiger partial charge in [-0.2, -0.15) is 92.2 Å². The fraction of sp³-hybridized carbons (Fsp3) is 0.700. The lowest BCUT2D eigenvalue weighted by molar-refractivity contribution is -0.474. The van der Waals surface area contributed by atoms with Crippen molar-refractivity contribution in [3.63, 3.8) is 0 Å². The maximum Gasteiger partial charge on any atom is 0.460 e. The fourth-order valence-electron chi connectivity index (χ4n) is 3.06. The maximum absolute atomic E-state index is 14.0. The van der Waals surface area contributed by atoms with Gasteiger partial charge in [0.15, 0.2) is 9.84 Å². The third-order valence-corrected chi connectivity index (χ3v) is 7.68. The molecule has 0 spiro atoms. The molecule has 0 aliphatic rings. The largest absolute Gasteiger partial charge is 0.460 e. The SMILES string of the molecule is CCc1ccc(S(=O)(=O)CCC(F)(F)C(F)(F)C(F)(F)C(F)(F)C(F)(F)C(F)(F)C(F)(F)C(F)(F)C(F)(F)C(F)(F)F)cc1. The molecule has 0 saturated carbocycles. The van der Waals surface area contributed by atoms with Gasteiger partial charge < -0.3 is 0 Å². The number of halogens is 21. The number of rotatable bonds is 13. The smallest absolute Gasteiger partial charge is 0.224 e. The van der Waals surface area contributed by atoms with E-state index in [1.165, 1.54) is 6.92 Å². The summed E-state index contributed by atoms with van der Waals surface area (Å²) in [6, 6.07) is 3.32. The first-order valence-corrected chi connectivity index (χ1v) is 12.4. The first kappa shape index (κ1) is 39.7.